The number of carbonyl (C=O) groups excluding carboxylic acids is 1. The molecule has 0 aliphatic carbocycles. The van der Waals surface area contributed by atoms with E-state index in [0.717, 1.165) is 10.1 Å². The Bertz CT molecular complexity index is 398. The van der Waals surface area contributed by atoms with Gasteiger partial charge in [0.1, 0.15) is 0 Å². The largest absolute Gasteiger partial charge is 0.281 e. The summed E-state index contributed by atoms with van der Waals surface area (Å²) in [5.41, 5.74) is 0. The molecule has 0 fully saturated rings. The lowest BCUT2D eigenvalue weighted by atomic mass is 10.2. The van der Waals surface area contributed by atoms with Crippen molar-refractivity contribution >= 4 is 39.2 Å². The zero-order chi connectivity index (χ0) is 8.55. The van der Waals surface area contributed by atoms with Crippen LogP contribution in [0.4, 0.5) is 0 Å². The Morgan fingerprint density at radius 3 is 2.75 bits per heavy atom. The predicted molar refractivity (Wildman–Crippen MR) is 55.1 cm³/mol. The molecule has 0 aliphatic heterocycles. The maximum atomic E-state index is 10.9. The smallest absolute Gasteiger partial charge is 0.226 e. The number of benzene rings is 1. The maximum absolute atomic E-state index is 10.9. The molecule has 0 unspecified atom stereocenters. The minimum atomic E-state index is -0.156. The predicted octanol–water partition coefficient (Wildman–Crippen LogP) is 2.97. The molecular weight excluding hydrogens is 188 g/mol. The van der Waals surface area contributed by atoms with Crippen LogP contribution in [0.25, 0.3) is 10.1 Å². The number of thiol groups is 1. The summed E-state index contributed by atoms with van der Waals surface area (Å²) in [6, 6.07) is 9.79. The van der Waals surface area contributed by atoms with Crippen molar-refractivity contribution in [2.45, 2.75) is 0 Å². The van der Waals surface area contributed by atoms with Crippen molar-refractivity contribution in [2.75, 3.05) is 0 Å². The molecule has 1 aromatic heterocycles. The van der Waals surface area contributed by atoms with Crippen LogP contribution < -0.4 is 0 Å². The number of hydrogen-bond acceptors (Lipinski definition) is 2. The average molecular weight is 194 g/mol. The molecule has 0 spiro atoms. The molecule has 0 N–H and O–H groups in total. The number of fused-ring (bicyclic) bond motifs is 1. The van der Waals surface area contributed by atoms with Crippen molar-refractivity contribution in [3.8, 4) is 0 Å². The molecule has 60 valence electrons. The first-order valence-electron chi connectivity index (χ1n) is 3.49. The molecule has 0 radical (unpaired) electrons. The van der Waals surface area contributed by atoms with Gasteiger partial charge in [0, 0.05) is 4.70 Å². The normalized spacial score (nSPS) is 10.4. The van der Waals surface area contributed by atoms with Gasteiger partial charge in [0.15, 0.2) is 0 Å². The van der Waals surface area contributed by atoms with E-state index in [1.807, 2.05) is 30.3 Å². The van der Waals surface area contributed by atoms with Gasteiger partial charge in [-0.25, -0.2) is 0 Å². The van der Waals surface area contributed by atoms with E-state index in [-0.39, 0.29) is 5.12 Å². The summed E-state index contributed by atoms with van der Waals surface area (Å²) in [5.74, 6) is 0. The minimum absolute atomic E-state index is 0.156. The molecule has 0 saturated carbocycles. The number of carbonyl (C=O) groups is 1. The highest BCUT2D eigenvalue weighted by Gasteiger charge is 2.04. The Morgan fingerprint density at radius 2 is 2.08 bits per heavy atom. The standard InChI is InChI=1S/C9H6OS2/c10-9(11)8-5-6-3-1-2-4-7(6)12-8/h1-5H,(H,10,11). The van der Waals surface area contributed by atoms with Crippen LogP contribution in [0.15, 0.2) is 30.3 Å². The Morgan fingerprint density at radius 1 is 1.33 bits per heavy atom. The van der Waals surface area contributed by atoms with E-state index in [2.05, 4.69) is 12.6 Å². The van der Waals surface area contributed by atoms with Crippen LogP contribution in [0.3, 0.4) is 0 Å². The Hall–Kier alpha value is -0.800. The molecule has 12 heavy (non-hydrogen) atoms. The third-order valence-electron chi connectivity index (χ3n) is 1.64. The van der Waals surface area contributed by atoms with Crippen molar-refractivity contribution in [3.05, 3.63) is 35.2 Å². The van der Waals surface area contributed by atoms with Crippen LogP contribution >= 0.6 is 24.0 Å². The highest BCUT2D eigenvalue weighted by molar-refractivity contribution is 7.97. The topological polar surface area (TPSA) is 17.1 Å². The Balaban J connectivity index is 2.70. The molecule has 1 heterocycles. The lowest BCUT2D eigenvalue weighted by molar-refractivity contribution is 0.109. The molecule has 2 aromatic rings. The van der Waals surface area contributed by atoms with Crippen LogP contribution in [0.1, 0.15) is 9.67 Å². The summed E-state index contributed by atoms with van der Waals surface area (Å²) in [6.07, 6.45) is 0. The summed E-state index contributed by atoms with van der Waals surface area (Å²) < 4.78 is 1.13. The molecular formula is C9H6OS2. The number of thiophene rings is 1. The third kappa shape index (κ3) is 1.26. The Labute approximate surface area is 79.4 Å². The number of hydrogen-bond donors (Lipinski definition) is 1. The summed E-state index contributed by atoms with van der Waals surface area (Å²) >= 11 is 5.25. The fraction of sp³-hybridized carbons (Fsp3) is 0. The summed E-state index contributed by atoms with van der Waals surface area (Å²) in [7, 11) is 0. The first-order valence-corrected chi connectivity index (χ1v) is 4.75. The van der Waals surface area contributed by atoms with Gasteiger partial charge in [-0.05, 0) is 17.5 Å². The van der Waals surface area contributed by atoms with E-state index in [0.29, 0.717) is 4.88 Å². The second-order valence-electron chi connectivity index (χ2n) is 2.45. The van der Waals surface area contributed by atoms with Gasteiger partial charge in [-0.3, -0.25) is 4.79 Å². The van der Waals surface area contributed by atoms with Crippen molar-refractivity contribution in [3.63, 3.8) is 0 Å². The lowest BCUT2D eigenvalue weighted by Crippen LogP contribution is -1.78. The van der Waals surface area contributed by atoms with E-state index in [1.165, 1.54) is 11.3 Å². The van der Waals surface area contributed by atoms with Gasteiger partial charge in [-0.1, -0.05) is 30.8 Å². The van der Waals surface area contributed by atoms with Gasteiger partial charge in [-0.15, -0.1) is 11.3 Å². The highest BCUT2D eigenvalue weighted by Crippen LogP contribution is 2.25. The van der Waals surface area contributed by atoms with E-state index in [1.54, 1.807) is 0 Å². The molecule has 0 bridgehead atoms. The molecule has 0 amide bonds. The minimum Gasteiger partial charge on any atom is -0.281 e. The quantitative estimate of drug-likeness (QED) is 0.691. The van der Waals surface area contributed by atoms with Gasteiger partial charge >= 0.3 is 0 Å². The van der Waals surface area contributed by atoms with Crippen molar-refractivity contribution in [1.82, 2.24) is 0 Å². The fourth-order valence-electron chi connectivity index (χ4n) is 1.09. The molecule has 0 aliphatic rings. The fourth-order valence-corrected chi connectivity index (χ4v) is 2.19. The van der Waals surface area contributed by atoms with Crippen LogP contribution in [-0.2, 0) is 0 Å². The first-order chi connectivity index (χ1) is 5.77. The maximum Gasteiger partial charge on any atom is 0.226 e. The van der Waals surface area contributed by atoms with E-state index >= 15 is 0 Å². The van der Waals surface area contributed by atoms with Crippen molar-refractivity contribution < 1.29 is 4.79 Å². The van der Waals surface area contributed by atoms with Crippen LogP contribution in [0.5, 0.6) is 0 Å². The SMILES string of the molecule is O=C(S)c1cc2ccccc2s1. The molecule has 2 rings (SSSR count). The molecule has 1 nitrogen and oxygen atoms in total. The second kappa shape index (κ2) is 2.92. The third-order valence-corrected chi connectivity index (χ3v) is 3.14. The van der Waals surface area contributed by atoms with Crippen LogP contribution in [-0.4, -0.2) is 5.12 Å². The average Bonchev–Trinajstić information content (AvgIpc) is 2.46. The summed E-state index contributed by atoms with van der Waals surface area (Å²) in [5, 5.41) is 0.955. The van der Waals surface area contributed by atoms with E-state index in [9.17, 15) is 4.79 Å². The Kier molecular flexibility index (Phi) is 1.90. The zero-order valence-corrected chi connectivity index (χ0v) is 7.86. The zero-order valence-electron chi connectivity index (χ0n) is 6.15. The summed E-state index contributed by atoms with van der Waals surface area (Å²) in [6.45, 7) is 0. The molecule has 0 atom stereocenters. The van der Waals surface area contributed by atoms with Crippen LogP contribution in [0, 0.1) is 0 Å². The lowest BCUT2D eigenvalue weighted by Gasteiger charge is -1.82. The van der Waals surface area contributed by atoms with Gasteiger partial charge in [0.2, 0.25) is 5.12 Å². The first kappa shape index (κ1) is 7.83. The van der Waals surface area contributed by atoms with Crippen LogP contribution in [0.2, 0.25) is 0 Å². The molecule has 0 saturated heterocycles. The monoisotopic (exact) mass is 194 g/mol. The van der Waals surface area contributed by atoms with Crippen molar-refractivity contribution in [1.29, 1.82) is 0 Å². The van der Waals surface area contributed by atoms with Gasteiger partial charge in [0.05, 0.1) is 4.88 Å². The van der Waals surface area contributed by atoms with Gasteiger partial charge in [-0.2, -0.15) is 0 Å². The van der Waals surface area contributed by atoms with E-state index in [4.69, 9.17) is 0 Å². The van der Waals surface area contributed by atoms with Crippen molar-refractivity contribution in [2.24, 2.45) is 0 Å². The second-order valence-corrected chi connectivity index (χ2v) is 3.94. The molecule has 1 aromatic carbocycles. The van der Waals surface area contributed by atoms with Gasteiger partial charge in [0.25, 0.3) is 0 Å². The number of rotatable bonds is 1. The summed E-state index contributed by atoms with van der Waals surface area (Å²) in [4.78, 5) is 11.6. The molecule has 3 heteroatoms. The van der Waals surface area contributed by atoms with E-state index < -0.39 is 0 Å². The highest BCUT2D eigenvalue weighted by atomic mass is 32.1. The van der Waals surface area contributed by atoms with Gasteiger partial charge < -0.3 is 0 Å².